The molecule has 0 saturated heterocycles. The van der Waals surface area contributed by atoms with E-state index in [-0.39, 0.29) is 6.17 Å². The van der Waals surface area contributed by atoms with E-state index in [1.54, 1.807) is 0 Å². The molecule has 1 N–H and O–H groups in total. The average molecular weight is 786 g/mol. The van der Waals surface area contributed by atoms with Crippen LogP contribution in [0.25, 0.3) is 86.3 Å². The van der Waals surface area contributed by atoms with Crippen molar-refractivity contribution < 1.29 is 4.42 Å². The first kappa shape index (κ1) is 34.4. The number of hydrogen-bond acceptors (Lipinski definition) is 5. The number of benzene rings is 9. The second-order valence-corrected chi connectivity index (χ2v) is 16.5. The lowest BCUT2D eigenvalue weighted by Crippen LogP contribution is -2.33. The molecule has 3 heterocycles. The number of rotatable bonds is 6. The largest absolute Gasteiger partial charge is 0.456 e. The van der Waals surface area contributed by atoms with Gasteiger partial charge in [0.15, 0.2) is 5.84 Å². The first-order valence-electron chi connectivity index (χ1n) is 20.2. The maximum absolute atomic E-state index is 6.42. The van der Waals surface area contributed by atoms with Gasteiger partial charge in [0.2, 0.25) is 0 Å². The molecule has 282 valence electrons. The molecule has 11 aromatic rings. The lowest BCUT2D eigenvalue weighted by molar-refractivity contribution is 0.669. The van der Waals surface area contributed by atoms with Crippen molar-refractivity contribution in [3.05, 3.63) is 217 Å². The molecule has 0 amide bonds. The summed E-state index contributed by atoms with van der Waals surface area (Å²) >= 11 is 1.81. The minimum Gasteiger partial charge on any atom is -0.456 e. The van der Waals surface area contributed by atoms with Crippen molar-refractivity contribution in [1.82, 2.24) is 5.32 Å². The van der Waals surface area contributed by atoms with Gasteiger partial charge < -0.3 is 9.73 Å². The van der Waals surface area contributed by atoms with E-state index >= 15 is 0 Å². The molecule has 1 aliphatic heterocycles. The molecule has 1 aliphatic rings. The first-order chi connectivity index (χ1) is 29.7. The third-order valence-electron chi connectivity index (χ3n) is 11.7. The Labute approximate surface area is 350 Å². The highest BCUT2D eigenvalue weighted by Gasteiger charge is 2.22. The van der Waals surface area contributed by atoms with Crippen LogP contribution in [0.4, 0.5) is 0 Å². The highest BCUT2D eigenvalue weighted by molar-refractivity contribution is 7.25. The maximum Gasteiger partial charge on any atom is 0.159 e. The molecule has 5 heteroatoms. The highest BCUT2D eigenvalue weighted by Crippen LogP contribution is 2.40. The molecule has 4 nitrogen and oxygen atoms in total. The molecule has 9 aromatic carbocycles. The Morgan fingerprint density at radius 1 is 0.433 bits per heavy atom. The third kappa shape index (κ3) is 5.98. The highest BCUT2D eigenvalue weighted by atomic mass is 32.1. The minimum absolute atomic E-state index is 0.329. The van der Waals surface area contributed by atoms with Gasteiger partial charge in [-0.15, -0.1) is 11.3 Å². The van der Waals surface area contributed by atoms with Crippen molar-refractivity contribution in [2.45, 2.75) is 6.17 Å². The van der Waals surface area contributed by atoms with E-state index in [0.29, 0.717) is 5.84 Å². The summed E-state index contributed by atoms with van der Waals surface area (Å²) in [5.74, 6) is 1.50. The molecule has 0 radical (unpaired) electrons. The number of amidine groups is 2. The second-order valence-electron chi connectivity index (χ2n) is 15.4. The van der Waals surface area contributed by atoms with Crippen molar-refractivity contribution in [2.24, 2.45) is 9.98 Å². The molecule has 1 atom stereocenters. The van der Waals surface area contributed by atoms with Crippen molar-refractivity contribution in [2.75, 3.05) is 0 Å². The molecule has 0 aliphatic carbocycles. The van der Waals surface area contributed by atoms with Crippen molar-refractivity contribution in [1.29, 1.82) is 0 Å². The molecule has 0 fully saturated rings. The fourth-order valence-corrected chi connectivity index (χ4v) is 9.83. The molecule has 0 saturated carbocycles. The van der Waals surface area contributed by atoms with E-state index in [4.69, 9.17) is 14.4 Å². The zero-order valence-corrected chi connectivity index (χ0v) is 33.2. The Kier molecular flexibility index (Phi) is 8.06. The number of fused-ring (bicyclic) bond motifs is 7. The van der Waals surface area contributed by atoms with Gasteiger partial charge in [0, 0.05) is 42.1 Å². The van der Waals surface area contributed by atoms with E-state index in [0.717, 1.165) is 66.4 Å². The van der Waals surface area contributed by atoms with Crippen LogP contribution in [0.5, 0.6) is 0 Å². The molecule has 1 unspecified atom stereocenters. The van der Waals surface area contributed by atoms with Gasteiger partial charge in [-0.3, -0.25) is 0 Å². The summed E-state index contributed by atoms with van der Waals surface area (Å²) in [6.45, 7) is 0. The summed E-state index contributed by atoms with van der Waals surface area (Å²) in [5, 5.41) is 10.8. The summed E-state index contributed by atoms with van der Waals surface area (Å²) in [6.07, 6.45) is -0.329. The van der Waals surface area contributed by atoms with Gasteiger partial charge in [-0.25, -0.2) is 9.98 Å². The van der Waals surface area contributed by atoms with E-state index < -0.39 is 0 Å². The van der Waals surface area contributed by atoms with Gasteiger partial charge in [0.1, 0.15) is 23.2 Å². The Bertz CT molecular complexity index is 3510. The summed E-state index contributed by atoms with van der Waals surface area (Å²) in [7, 11) is 0. The molecule has 60 heavy (non-hydrogen) atoms. The number of hydrogen-bond donors (Lipinski definition) is 1. The lowest BCUT2D eigenvalue weighted by Gasteiger charge is -2.24. The molecule has 2 aromatic heterocycles. The molecule has 12 rings (SSSR count). The molecular formula is C55H35N3OS. The summed E-state index contributed by atoms with van der Waals surface area (Å²) in [6, 6.07) is 71.1. The van der Waals surface area contributed by atoms with Crippen LogP contribution in [0.3, 0.4) is 0 Å². The average Bonchev–Trinajstić information content (AvgIpc) is 3.89. The van der Waals surface area contributed by atoms with E-state index in [9.17, 15) is 0 Å². The topological polar surface area (TPSA) is 49.9 Å². The van der Waals surface area contributed by atoms with Gasteiger partial charge >= 0.3 is 0 Å². The molecular weight excluding hydrogens is 751 g/mol. The number of furan rings is 1. The number of nitrogens with zero attached hydrogens (tertiary/aromatic N) is 2. The predicted octanol–water partition coefficient (Wildman–Crippen LogP) is 14.6. The van der Waals surface area contributed by atoms with Gasteiger partial charge in [-0.2, -0.15) is 0 Å². The van der Waals surface area contributed by atoms with E-state index in [2.05, 4.69) is 199 Å². The lowest BCUT2D eigenvalue weighted by atomic mass is 9.95. The number of thiophene rings is 1. The summed E-state index contributed by atoms with van der Waals surface area (Å²) in [5.41, 5.74) is 11.8. The quantitative estimate of drug-likeness (QED) is 0.183. The Hall–Kier alpha value is -7.60. The van der Waals surface area contributed by atoms with Gasteiger partial charge in [0.25, 0.3) is 0 Å². The van der Waals surface area contributed by atoms with Crippen LogP contribution in [0, 0.1) is 0 Å². The van der Waals surface area contributed by atoms with E-state index in [1.807, 2.05) is 17.4 Å². The molecule has 0 bridgehead atoms. The van der Waals surface area contributed by atoms with Crippen LogP contribution < -0.4 is 5.32 Å². The minimum atomic E-state index is -0.329. The Balaban J connectivity index is 0.955. The van der Waals surface area contributed by atoms with Crippen molar-refractivity contribution >= 4 is 75.9 Å². The Morgan fingerprint density at radius 3 is 1.93 bits per heavy atom. The zero-order valence-electron chi connectivity index (χ0n) is 32.3. The summed E-state index contributed by atoms with van der Waals surface area (Å²) < 4.78 is 8.92. The normalized spacial score (nSPS) is 14.2. The monoisotopic (exact) mass is 785 g/mol. The van der Waals surface area contributed by atoms with Crippen molar-refractivity contribution in [3.8, 4) is 33.4 Å². The van der Waals surface area contributed by atoms with Gasteiger partial charge in [-0.05, 0) is 92.2 Å². The fraction of sp³-hybridized carbons (Fsp3) is 0.0182. The predicted molar refractivity (Wildman–Crippen MR) is 252 cm³/mol. The van der Waals surface area contributed by atoms with Crippen LogP contribution in [0.1, 0.15) is 22.9 Å². The fourth-order valence-electron chi connectivity index (χ4n) is 8.69. The number of nitrogens with one attached hydrogen (secondary N) is 1. The van der Waals surface area contributed by atoms with Crippen LogP contribution in [0.2, 0.25) is 0 Å². The van der Waals surface area contributed by atoms with Gasteiger partial charge in [-0.1, -0.05) is 158 Å². The van der Waals surface area contributed by atoms with Crippen molar-refractivity contribution in [3.63, 3.8) is 0 Å². The standard InChI is InChI=1S/C55H35N3OS/c1-3-10-34(11-4-1)36-18-22-38(23-19-36)53-56-54(58-55(57-53)42-26-28-46-45-14-7-8-17-50(45)60-51(46)33-42)41-25-21-37-20-24-40(30-43(37)31-41)44-15-9-16-49-52(44)47-32-39(27-29-48(47)59-49)35-12-5-2-6-13-35/h1-33,53H,(H,56,57,58). The first-order valence-corrected chi connectivity index (χ1v) is 21.1. The Morgan fingerprint density at radius 2 is 1.10 bits per heavy atom. The van der Waals surface area contributed by atoms with Crippen LogP contribution in [-0.2, 0) is 0 Å². The summed E-state index contributed by atoms with van der Waals surface area (Å²) in [4.78, 5) is 10.5. The maximum atomic E-state index is 6.42. The third-order valence-corrected chi connectivity index (χ3v) is 12.9. The smallest absolute Gasteiger partial charge is 0.159 e. The van der Waals surface area contributed by atoms with Crippen LogP contribution in [0.15, 0.2) is 215 Å². The second kappa shape index (κ2) is 14.0. The van der Waals surface area contributed by atoms with E-state index in [1.165, 1.54) is 42.4 Å². The molecule has 0 spiro atoms. The zero-order chi connectivity index (χ0) is 39.6. The SMILES string of the molecule is c1ccc(-c2ccc(C3N=C(c4ccc5c(c4)sc4ccccc45)N=C(c4ccc5ccc(-c6cccc7oc8ccc(-c9ccccc9)cc8c67)cc5c4)N3)cc2)cc1. The van der Waals surface area contributed by atoms with Gasteiger partial charge in [0.05, 0.1) is 0 Å². The van der Waals surface area contributed by atoms with Crippen LogP contribution in [-0.4, -0.2) is 11.7 Å². The number of aliphatic imine (C=N–C) groups is 2. The van der Waals surface area contributed by atoms with Crippen LogP contribution >= 0.6 is 11.3 Å².